The average molecular weight is 253 g/mol. The lowest BCUT2D eigenvalue weighted by Crippen LogP contribution is -2.24. The maximum absolute atomic E-state index is 5.29. The zero-order valence-corrected chi connectivity index (χ0v) is 10.9. The van der Waals surface area contributed by atoms with Crippen LogP contribution in [-0.2, 0) is 0 Å². The first-order valence-electron chi connectivity index (χ1n) is 6.21. The highest BCUT2D eigenvalue weighted by molar-refractivity contribution is 6.14. The van der Waals surface area contributed by atoms with Gasteiger partial charge in [-0.1, -0.05) is 0 Å². The molecule has 1 atom stereocenters. The summed E-state index contributed by atoms with van der Waals surface area (Å²) >= 11 is 0. The third-order valence-corrected chi connectivity index (χ3v) is 3.30. The molecular weight excluding hydrogens is 238 g/mol. The van der Waals surface area contributed by atoms with Crippen molar-refractivity contribution >= 4 is 5.71 Å². The van der Waals surface area contributed by atoms with Crippen LogP contribution in [0, 0.1) is 0 Å². The zero-order chi connectivity index (χ0) is 13.2. The predicted octanol–water partition coefficient (Wildman–Crippen LogP) is 2.51. The fraction of sp³-hybridized carbons (Fsp3) is 0.200. The number of fused-ring (bicyclic) bond motifs is 1. The molecule has 1 aliphatic heterocycles. The SMILES string of the molecule is COc1ccc2c(c1)C(C)NN=C2c1ccncc1. The number of hydrogen-bond donors (Lipinski definition) is 1. The minimum absolute atomic E-state index is 0.177. The fourth-order valence-corrected chi connectivity index (χ4v) is 2.26. The molecule has 1 N–H and O–H groups in total. The summed E-state index contributed by atoms with van der Waals surface area (Å²) in [6, 6.07) is 10.2. The second kappa shape index (κ2) is 4.72. The van der Waals surface area contributed by atoms with E-state index in [2.05, 4.69) is 34.6 Å². The average Bonchev–Trinajstić information content (AvgIpc) is 2.48. The van der Waals surface area contributed by atoms with Crippen LogP contribution < -0.4 is 10.2 Å². The van der Waals surface area contributed by atoms with Crippen LogP contribution in [0.25, 0.3) is 0 Å². The Kier molecular flexibility index (Phi) is 2.91. The molecule has 1 aromatic heterocycles. The van der Waals surface area contributed by atoms with E-state index in [4.69, 9.17) is 4.74 Å². The molecule has 1 aliphatic rings. The molecule has 0 saturated heterocycles. The lowest BCUT2D eigenvalue weighted by Gasteiger charge is -2.24. The summed E-state index contributed by atoms with van der Waals surface area (Å²) in [4.78, 5) is 4.04. The lowest BCUT2D eigenvalue weighted by molar-refractivity contribution is 0.413. The molecule has 3 rings (SSSR count). The molecule has 0 bridgehead atoms. The Hall–Kier alpha value is -2.36. The Morgan fingerprint density at radius 3 is 2.68 bits per heavy atom. The van der Waals surface area contributed by atoms with E-state index in [-0.39, 0.29) is 6.04 Å². The van der Waals surface area contributed by atoms with Gasteiger partial charge in [0.05, 0.1) is 18.9 Å². The van der Waals surface area contributed by atoms with E-state index in [1.807, 2.05) is 18.2 Å². The highest BCUT2D eigenvalue weighted by Gasteiger charge is 2.21. The van der Waals surface area contributed by atoms with Gasteiger partial charge in [-0.2, -0.15) is 5.10 Å². The van der Waals surface area contributed by atoms with Crippen molar-refractivity contribution in [2.75, 3.05) is 7.11 Å². The minimum Gasteiger partial charge on any atom is -0.497 e. The maximum Gasteiger partial charge on any atom is 0.119 e. The molecule has 0 radical (unpaired) electrons. The molecule has 0 spiro atoms. The maximum atomic E-state index is 5.29. The van der Waals surface area contributed by atoms with E-state index in [1.54, 1.807) is 19.5 Å². The van der Waals surface area contributed by atoms with Gasteiger partial charge in [0.25, 0.3) is 0 Å². The summed E-state index contributed by atoms with van der Waals surface area (Å²) in [5.74, 6) is 0.864. The van der Waals surface area contributed by atoms with Crippen molar-refractivity contribution < 1.29 is 4.74 Å². The van der Waals surface area contributed by atoms with E-state index < -0.39 is 0 Å². The van der Waals surface area contributed by atoms with Gasteiger partial charge in [0.15, 0.2) is 0 Å². The van der Waals surface area contributed by atoms with Gasteiger partial charge in [0.1, 0.15) is 5.75 Å². The summed E-state index contributed by atoms with van der Waals surface area (Å²) in [6.07, 6.45) is 3.55. The van der Waals surface area contributed by atoms with Crippen molar-refractivity contribution in [1.82, 2.24) is 10.4 Å². The molecule has 1 unspecified atom stereocenters. The first kappa shape index (κ1) is 11.7. The van der Waals surface area contributed by atoms with Crippen molar-refractivity contribution in [2.45, 2.75) is 13.0 Å². The summed E-state index contributed by atoms with van der Waals surface area (Å²) in [5, 5.41) is 4.48. The Labute approximate surface area is 112 Å². The highest BCUT2D eigenvalue weighted by Crippen LogP contribution is 2.28. The predicted molar refractivity (Wildman–Crippen MR) is 74.4 cm³/mol. The topological polar surface area (TPSA) is 46.5 Å². The number of nitrogens with zero attached hydrogens (tertiary/aromatic N) is 2. The van der Waals surface area contributed by atoms with E-state index in [0.29, 0.717) is 0 Å². The molecule has 0 amide bonds. The molecule has 0 fully saturated rings. The van der Waals surface area contributed by atoms with Crippen LogP contribution >= 0.6 is 0 Å². The Balaban J connectivity index is 2.12. The second-order valence-corrected chi connectivity index (χ2v) is 4.50. The number of hydrogen-bond acceptors (Lipinski definition) is 4. The van der Waals surface area contributed by atoms with Gasteiger partial charge in [-0.25, -0.2) is 0 Å². The zero-order valence-electron chi connectivity index (χ0n) is 10.9. The molecule has 2 aromatic rings. The van der Waals surface area contributed by atoms with Crippen LogP contribution in [0.3, 0.4) is 0 Å². The van der Waals surface area contributed by atoms with E-state index >= 15 is 0 Å². The van der Waals surface area contributed by atoms with Gasteiger partial charge in [-0.05, 0) is 42.8 Å². The first-order chi connectivity index (χ1) is 9.29. The van der Waals surface area contributed by atoms with Crippen LogP contribution in [0.5, 0.6) is 5.75 Å². The molecule has 0 saturated carbocycles. The molecule has 1 aromatic carbocycles. The Morgan fingerprint density at radius 2 is 1.95 bits per heavy atom. The number of ether oxygens (including phenoxy) is 1. The number of aromatic nitrogens is 1. The fourth-order valence-electron chi connectivity index (χ4n) is 2.26. The molecule has 4 nitrogen and oxygen atoms in total. The molecule has 96 valence electrons. The smallest absolute Gasteiger partial charge is 0.119 e. The van der Waals surface area contributed by atoms with Gasteiger partial charge in [0, 0.05) is 23.5 Å². The van der Waals surface area contributed by atoms with Crippen LogP contribution in [0.2, 0.25) is 0 Å². The second-order valence-electron chi connectivity index (χ2n) is 4.50. The van der Waals surface area contributed by atoms with Gasteiger partial charge < -0.3 is 10.2 Å². The van der Waals surface area contributed by atoms with Gasteiger partial charge in [0.2, 0.25) is 0 Å². The molecule has 19 heavy (non-hydrogen) atoms. The molecule has 0 aliphatic carbocycles. The summed E-state index contributed by atoms with van der Waals surface area (Å²) in [7, 11) is 1.68. The van der Waals surface area contributed by atoms with E-state index in [1.165, 1.54) is 5.56 Å². The largest absolute Gasteiger partial charge is 0.497 e. The Morgan fingerprint density at radius 1 is 1.16 bits per heavy atom. The van der Waals surface area contributed by atoms with E-state index in [0.717, 1.165) is 22.6 Å². The number of nitrogens with one attached hydrogen (secondary N) is 1. The van der Waals surface area contributed by atoms with Crippen molar-refractivity contribution in [2.24, 2.45) is 5.10 Å². The number of hydrazone groups is 1. The number of methoxy groups -OCH3 is 1. The third kappa shape index (κ3) is 2.05. The summed E-state index contributed by atoms with van der Waals surface area (Å²) < 4.78 is 5.29. The summed E-state index contributed by atoms with van der Waals surface area (Å²) in [6.45, 7) is 2.09. The third-order valence-electron chi connectivity index (χ3n) is 3.30. The quantitative estimate of drug-likeness (QED) is 0.894. The van der Waals surface area contributed by atoms with Crippen LogP contribution in [0.1, 0.15) is 29.7 Å². The van der Waals surface area contributed by atoms with Crippen LogP contribution in [-0.4, -0.2) is 17.8 Å². The molecule has 2 heterocycles. The van der Waals surface area contributed by atoms with Crippen molar-refractivity contribution in [3.05, 3.63) is 59.4 Å². The number of rotatable bonds is 2. The highest BCUT2D eigenvalue weighted by atomic mass is 16.5. The van der Waals surface area contributed by atoms with Crippen LogP contribution in [0.15, 0.2) is 47.8 Å². The van der Waals surface area contributed by atoms with Crippen molar-refractivity contribution in [3.8, 4) is 5.75 Å². The monoisotopic (exact) mass is 253 g/mol. The Bertz CT molecular complexity index is 623. The lowest BCUT2D eigenvalue weighted by atomic mass is 9.93. The van der Waals surface area contributed by atoms with Gasteiger partial charge in [-0.3, -0.25) is 4.98 Å². The van der Waals surface area contributed by atoms with Crippen molar-refractivity contribution in [1.29, 1.82) is 0 Å². The standard InChI is InChI=1S/C15H15N3O/c1-10-14-9-12(19-2)3-4-13(14)15(18-17-10)11-5-7-16-8-6-11/h3-10,17H,1-2H3. The van der Waals surface area contributed by atoms with Crippen molar-refractivity contribution in [3.63, 3.8) is 0 Å². The van der Waals surface area contributed by atoms with Crippen LogP contribution in [0.4, 0.5) is 0 Å². The summed E-state index contributed by atoms with van der Waals surface area (Å²) in [5.41, 5.74) is 7.48. The first-order valence-corrected chi connectivity index (χ1v) is 6.21. The minimum atomic E-state index is 0.177. The molecular formula is C15H15N3O. The van der Waals surface area contributed by atoms with E-state index in [9.17, 15) is 0 Å². The van der Waals surface area contributed by atoms with Gasteiger partial charge in [-0.15, -0.1) is 0 Å². The number of pyridine rings is 1. The molecule has 4 heteroatoms. The normalized spacial score (nSPS) is 17.2. The number of benzene rings is 1. The van der Waals surface area contributed by atoms with Gasteiger partial charge >= 0.3 is 0 Å².